The highest BCUT2D eigenvalue weighted by Gasteiger charge is 2.40. The lowest BCUT2D eigenvalue weighted by molar-refractivity contribution is -0.123. The number of carbonyl (C=O) groups excluding carboxylic acids is 1. The summed E-state index contributed by atoms with van der Waals surface area (Å²) in [6.45, 7) is 0. The van der Waals surface area contributed by atoms with Crippen molar-refractivity contribution in [2.24, 2.45) is 17.6 Å². The van der Waals surface area contributed by atoms with E-state index in [1.165, 1.54) is 30.4 Å². The second kappa shape index (κ2) is 8.83. The Morgan fingerprint density at radius 3 is 2.63 bits per heavy atom. The van der Waals surface area contributed by atoms with Gasteiger partial charge in [-0.05, 0) is 86.0 Å². The molecule has 3 aliphatic rings. The lowest BCUT2D eigenvalue weighted by Gasteiger charge is -2.45. The van der Waals surface area contributed by atoms with Crippen molar-refractivity contribution in [2.45, 2.75) is 75.8 Å². The van der Waals surface area contributed by atoms with Crippen LogP contribution >= 0.6 is 12.4 Å². The molecule has 0 aromatic heterocycles. The lowest BCUT2D eigenvalue weighted by atomic mass is 9.67. The summed E-state index contributed by atoms with van der Waals surface area (Å²) in [5, 5.41) is 3.42. The van der Waals surface area contributed by atoms with Gasteiger partial charge in [-0.25, -0.2) is 0 Å². The third-order valence-electron chi connectivity index (χ3n) is 6.92. The van der Waals surface area contributed by atoms with E-state index >= 15 is 0 Å². The van der Waals surface area contributed by atoms with Gasteiger partial charge in [0.1, 0.15) is 5.75 Å². The van der Waals surface area contributed by atoms with Gasteiger partial charge >= 0.3 is 0 Å². The summed E-state index contributed by atoms with van der Waals surface area (Å²) in [6.07, 6.45) is 9.86. The van der Waals surface area contributed by atoms with Crippen LogP contribution in [-0.2, 0) is 11.2 Å². The maximum atomic E-state index is 12.9. The van der Waals surface area contributed by atoms with E-state index in [9.17, 15) is 4.79 Å². The van der Waals surface area contributed by atoms with Gasteiger partial charge in [0, 0.05) is 18.5 Å². The monoisotopic (exact) mass is 392 g/mol. The Hall–Kier alpha value is -1.26. The molecular weight excluding hydrogens is 360 g/mol. The first-order valence-corrected chi connectivity index (χ1v) is 10.4. The zero-order valence-electron chi connectivity index (χ0n) is 16.3. The largest absolute Gasteiger partial charge is 0.497 e. The average Bonchev–Trinajstić information content (AvgIpc) is 2.62. The first kappa shape index (κ1) is 20.5. The molecule has 150 valence electrons. The van der Waals surface area contributed by atoms with Crippen molar-refractivity contribution in [3.05, 3.63) is 29.3 Å². The molecule has 2 fully saturated rings. The summed E-state index contributed by atoms with van der Waals surface area (Å²) in [6, 6.07) is 7.03. The summed E-state index contributed by atoms with van der Waals surface area (Å²) in [7, 11) is 1.71. The Kier molecular flexibility index (Phi) is 6.69. The van der Waals surface area contributed by atoms with E-state index < -0.39 is 0 Å². The predicted octanol–water partition coefficient (Wildman–Crippen LogP) is 3.95. The molecule has 27 heavy (non-hydrogen) atoms. The van der Waals surface area contributed by atoms with Crippen molar-refractivity contribution >= 4 is 18.3 Å². The molecule has 0 saturated heterocycles. The molecule has 4 rings (SSSR count). The Labute approximate surface area is 169 Å². The van der Waals surface area contributed by atoms with E-state index in [2.05, 4.69) is 17.4 Å². The normalized spacial score (nSPS) is 32.0. The fraction of sp³-hybridized carbons (Fsp3) is 0.682. The number of methoxy groups -OCH3 is 1. The van der Waals surface area contributed by atoms with Gasteiger partial charge in [0.05, 0.1) is 7.11 Å². The summed E-state index contributed by atoms with van der Waals surface area (Å²) in [5.74, 6) is 2.67. The molecular formula is C22H33ClN2O2. The number of rotatable bonds is 4. The van der Waals surface area contributed by atoms with Crippen LogP contribution in [0.15, 0.2) is 18.2 Å². The van der Waals surface area contributed by atoms with Crippen LogP contribution in [0, 0.1) is 11.8 Å². The molecule has 3 N–H and O–H groups in total. The smallest absolute Gasteiger partial charge is 0.220 e. The number of nitrogens with two attached hydrogens (primary N) is 1. The van der Waals surface area contributed by atoms with Crippen molar-refractivity contribution in [3.63, 3.8) is 0 Å². The van der Waals surface area contributed by atoms with E-state index in [1.54, 1.807) is 7.11 Å². The maximum absolute atomic E-state index is 12.9. The quantitative estimate of drug-likeness (QED) is 0.815. The molecule has 2 saturated carbocycles. The number of aryl methyl sites for hydroxylation is 1. The zero-order chi connectivity index (χ0) is 18.1. The van der Waals surface area contributed by atoms with Gasteiger partial charge < -0.3 is 15.8 Å². The molecule has 4 nitrogen and oxygen atoms in total. The van der Waals surface area contributed by atoms with Gasteiger partial charge in [-0.15, -0.1) is 12.4 Å². The highest BCUT2D eigenvalue weighted by Crippen LogP contribution is 2.40. The number of benzene rings is 1. The Balaban J connectivity index is 0.00000210. The number of fused-ring (bicyclic) bond motifs is 3. The summed E-state index contributed by atoms with van der Waals surface area (Å²) < 4.78 is 5.36. The molecule has 1 aromatic rings. The van der Waals surface area contributed by atoms with E-state index in [0.717, 1.165) is 37.9 Å². The van der Waals surface area contributed by atoms with Crippen LogP contribution < -0.4 is 15.8 Å². The SMILES string of the molecule is COc1ccc2c(c1)CCCC2CC(=O)NC1C2CCCC1CC(N)C2.Cl. The van der Waals surface area contributed by atoms with Gasteiger partial charge in [0.25, 0.3) is 0 Å². The van der Waals surface area contributed by atoms with Crippen LogP contribution in [0.1, 0.15) is 68.4 Å². The third kappa shape index (κ3) is 4.43. The maximum Gasteiger partial charge on any atom is 0.220 e. The molecule has 3 unspecified atom stereocenters. The van der Waals surface area contributed by atoms with Gasteiger partial charge in [-0.2, -0.15) is 0 Å². The second-order valence-electron chi connectivity index (χ2n) is 8.63. The number of nitrogens with one attached hydrogen (secondary N) is 1. The molecule has 0 aliphatic heterocycles. The molecule has 0 spiro atoms. The highest BCUT2D eigenvalue weighted by atomic mass is 35.5. The molecule has 0 radical (unpaired) electrons. The van der Waals surface area contributed by atoms with Crippen molar-refractivity contribution in [1.29, 1.82) is 0 Å². The second-order valence-corrected chi connectivity index (χ2v) is 8.63. The van der Waals surface area contributed by atoms with Crippen LogP contribution in [0.3, 0.4) is 0 Å². The van der Waals surface area contributed by atoms with Crippen molar-refractivity contribution in [1.82, 2.24) is 5.32 Å². The van der Waals surface area contributed by atoms with Crippen LogP contribution in [0.5, 0.6) is 5.75 Å². The molecule has 3 aliphatic carbocycles. The molecule has 0 heterocycles. The number of ether oxygens (including phenoxy) is 1. The van der Waals surface area contributed by atoms with Gasteiger partial charge in [0.15, 0.2) is 0 Å². The van der Waals surface area contributed by atoms with Gasteiger partial charge in [-0.3, -0.25) is 4.79 Å². The average molecular weight is 393 g/mol. The van der Waals surface area contributed by atoms with Crippen LogP contribution in [0.4, 0.5) is 0 Å². The van der Waals surface area contributed by atoms with E-state index in [0.29, 0.717) is 36.3 Å². The summed E-state index contributed by atoms with van der Waals surface area (Å²) in [5.41, 5.74) is 8.92. The van der Waals surface area contributed by atoms with Crippen LogP contribution in [0.2, 0.25) is 0 Å². The van der Waals surface area contributed by atoms with Crippen molar-refractivity contribution in [3.8, 4) is 5.75 Å². The molecule has 1 amide bonds. The van der Waals surface area contributed by atoms with Gasteiger partial charge in [-0.1, -0.05) is 12.5 Å². The molecule has 3 atom stereocenters. The van der Waals surface area contributed by atoms with E-state index in [1.807, 2.05) is 6.07 Å². The molecule has 1 aromatic carbocycles. The number of amides is 1. The molecule has 2 bridgehead atoms. The number of halogens is 1. The van der Waals surface area contributed by atoms with E-state index in [4.69, 9.17) is 10.5 Å². The standard InChI is InChI=1S/C22H32N2O2.ClH/c1-26-19-8-9-20-14(12-19)4-2-5-15(20)13-21(25)24-22-16-6-3-7-17(22)11-18(23)10-16;/h8-9,12,15-18,22H,2-7,10-11,13,23H2,1H3,(H,24,25);1H. The minimum absolute atomic E-state index is 0. The fourth-order valence-electron chi connectivity index (χ4n) is 5.72. The van der Waals surface area contributed by atoms with Crippen molar-refractivity contribution in [2.75, 3.05) is 7.11 Å². The third-order valence-corrected chi connectivity index (χ3v) is 6.92. The number of hydrogen-bond donors (Lipinski definition) is 2. The molecule has 5 heteroatoms. The van der Waals surface area contributed by atoms with Gasteiger partial charge in [0.2, 0.25) is 5.91 Å². The number of hydrogen-bond acceptors (Lipinski definition) is 3. The van der Waals surface area contributed by atoms with E-state index in [-0.39, 0.29) is 18.3 Å². The first-order valence-electron chi connectivity index (χ1n) is 10.4. The Morgan fingerprint density at radius 2 is 1.93 bits per heavy atom. The minimum atomic E-state index is 0. The van der Waals surface area contributed by atoms with Crippen LogP contribution in [0.25, 0.3) is 0 Å². The predicted molar refractivity (Wildman–Crippen MR) is 111 cm³/mol. The van der Waals surface area contributed by atoms with Crippen LogP contribution in [-0.4, -0.2) is 25.1 Å². The highest BCUT2D eigenvalue weighted by molar-refractivity contribution is 5.85. The summed E-state index contributed by atoms with van der Waals surface area (Å²) >= 11 is 0. The lowest BCUT2D eigenvalue weighted by Crippen LogP contribution is -2.53. The Morgan fingerprint density at radius 1 is 1.19 bits per heavy atom. The minimum Gasteiger partial charge on any atom is -0.497 e. The summed E-state index contributed by atoms with van der Waals surface area (Å²) in [4.78, 5) is 12.9. The first-order chi connectivity index (χ1) is 12.6. The topological polar surface area (TPSA) is 64.3 Å². The van der Waals surface area contributed by atoms with Crippen molar-refractivity contribution < 1.29 is 9.53 Å². The number of carbonyl (C=O) groups is 1. The fourth-order valence-corrected chi connectivity index (χ4v) is 5.72. The Bertz CT molecular complexity index is 652. The zero-order valence-corrected chi connectivity index (χ0v) is 17.1.